The largest absolute Gasteiger partial charge is 0.338 e. The number of carbonyl (C=O) groups is 1. The fourth-order valence-corrected chi connectivity index (χ4v) is 0.776. The standard InChI is InChI=1S/C9H16N2O/c1-4-5-6-8(12)11-9(2,3)7-10/h4-6H2,1-3H3,(H,11,12). The van der Waals surface area contributed by atoms with Gasteiger partial charge in [-0.1, -0.05) is 13.3 Å². The lowest BCUT2D eigenvalue weighted by atomic mass is 10.1. The van der Waals surface area contributed by atoms with Crippen LogP contribution in [0.2, 0.25) is 0 Å². The minimum atomic E-state index is -0.731. The van der Waals surface area contributed by atoms with Crippen LogP contribution in [0.5, 0.6) is 0 Å². The molecule has 0 aliphatic carbocycles. The smallest absolute Gasteiger partial charge is 0.221 e. The minimum absolute atomic E-state index is 0.0385. The molecule has 68 valence electrons. The summed E-state index contributed by atoms with van der Waals surface area (Å²) in [4.78, 5) is 11.1. The van der Waals surface area contributed by atoms with E-state index in [0.717, 1.165) is 12.8 Å². The van der Waals surface area contributed by atoms with Gasteiger partial charge >= 0.3 is 0 Å². The van der Waals surface area contributed by atoms with Crippen LogP contribution in [0.3, 0.4) is 0 Å². The van der Waals surface area contributed by atoms with Gasteiger partial charge in [-0.05, 0) is 20.3 Å². The Labute approximate surface area is 73.8 Å². The van der Waals surface area contributed by atoms with Crippen LogP contribution in [-0.2, 0) is 4.79 Å². The van der Waals surface area contributed by atoms with Crippen LogP contribution < -0.4 is 5.32 Å². The van der Waals surface area contributed by atoms with Gasteiger partial charge in [0.05, 0.1) is 6.07 Å². The molecule has 0 aliphatic rings. The van der Waals surface area contributed by atoms with Crippen molar-refractivity contribution >= 4 is 5.91 Å². The van der Waals surface area contributed by atoms with Gasteiger partial charge in [-0.2, -0.15) is 5.26 Å². The SMILES string of the molecule is CCCCC(=O)NC(C)(C)C#N. The van der Waals surface area contributed by atoms with Crippen LogP contribution in [0, 0.1) is 11.3 Å². The number of nitrogens with zero attached hydrogens (tertiary/aromatic N) is 1. The maximum atomic E-state index is 11.1. The molecule has 0 unspecified atom stereocenters. The topological polar surface area (TPSA) is 52.9 Å². The Morgan fingerprint density at radius 1 is 1.58 bits per heavy atom. The summed E-state index contributed by atoms with van der Waals surface area (Å²) in [6.07, 6.45) is 2.40. The van der Waals surface area contributed by atoms with Crippen molar-refractivity contribution in [3.05, 3.63) is 0 Å². The first kappa shape index (κ1) is 11.0. The van der Waals surface area contributed by atoms with E-state index >= 15 is 0 Å². The average Bonchev–Trinajstić information content (AvgIpc) is 2.00. The first-order chi connectivity index (χ1) is 5.52. The third-order valence-electron chi connectivity index (χ3n) is 1.49. The number of nitriles is 1. The Morgan fingerprint density at radius 2 is 2.17 bits per heavy atom. The summed E-state index contributed by atoms with van der Waals surface area (Å²) in [6, 6.07) is 2.02. The monoisotopic (exact) mass is 168 g/mol. The van der Waals surface area contributed by atoms with Gasteiger partial charge in [-0.15, -0.1) is 0 Å². The van der Waals surface area contributed by atoms with Gasteiger partial charge in [0.1, 0.15) is 5.54 Å². The molecule has 0 aliphatic heterocycles. The molecular formula is C9H16N2O. The summed E-state index contributed by atoms with van der Waals surface area (Å²) < 4.78 is 0. The second-order valence-corrected chi connectivity index (χ2v) is 3.39. The molecule has 1 N–H and O–H groups in total. The molecule has 3 heteroatoms. The van der Waals surface area contributed by atoms with Crippen molar-refractivity contribution in [2.75, 3.05) is 0 Å². The van der Waals surface area contributed by atoms with E-state index in [2.05, 4.69) is 5.32 Å². The Balaban J connectivity index is 3.78. The molecule has 3 nitrogen and oxygen atoms in total. The van der Waals surface area contributed by atoms with Gasteiger partial charge in [0, 0.05) is 6.42 Å². The maximum Gasteiger partial charge on any atom is 0.221 e. The number of amides is 1. The first-order valence-electron chi connectivity index (χ1n) is 4.24. The van der Waals surface area contributed by atoms with Crippen LogP contribution >= 0.6 is 0 Å². The lowest BCUT2D eigenvalue weighted by Gasteiger charge is -2.16. The zero-order valence-electron chi connectivity index (χ0n) is 7.98. The molecule has 0 saturated carbocycles. The summed E-state index contributed by atoms with van der Waals surface area (Å²) >= 11 is 0. The van der Waals surface area contributed by atoms with Crippen molar-refractivity contribution in [1.29, 1.82) is 5.26 Å². The number of carbonyl (C=O) groups excluding carboxylic acids is 1. The van der Waals surface area contributed by atoms with Gasteiger partial charge in [0.25, 0.3) is 0 Å². The predicted molar refractivity (Wildman–Crippen MR) is 47.4 cm³/mol. The molecule has 0 aromatic carbocycles. The van der Waals surface area contributed by atoms with Crippen molar-refractivity contribution in [1.82, 2.24) is 5.32 Å². The highest BCUT2D eigenvalue weighted by Gasteiger charge is 2.18. The number of unbranched alkanes of at least 4 members (excludes halogenated alkanes) is 1. The number of nitrogens with one attached hydrogen (secondary N) is 1. The highest BCUT2D eigenvalue weighted by atomic mass is 16.1. The molecule has 0 heterocycles. The van der Waals surface area contributed by atoms with Crippen LogP contribution in [0.15, 0.2) is 0 Å². The Hall–Kier alpha value is -1.04. The summed E-state index contributed by atoms with van der Waals surface area (Å²) in [6.45, 7) is 5.41. The average molecular weight is 168 g/mol. The molecule has 0 saturated heterocycles. The summed E-state index contributed by atoms with van der Waals surface area (Å²) in [5, 5.41) is 11.2. The predicted octanol–water partition coefficient (Wildman–Crippen LogP) is 1.59. The van der Waals surface area contributed by atoms with E-state index in [4.69, 9.17) is 5.26 Å². The quantitative estimate of drug-likeness (QED) is 0.693. The molecular weight excluding hydrogens is 152 g/mol. The zero-order chi connectivity index (χ0) is 9.61. The first-order valence-corrected chi connectivity index (χ1v) is 4.24. The Bertz CT molecular complexity index is 191. The Morgan fingerprint density at radius 3 is 2.58 bits per heavy atom. The molecule has 0 atom stereocenters. The van der Waals surface area contributed by atoms with E-state index in [0.29, 0.717) is 6.42 Å². The van der Waals surface area contributed by atoms with E-state index in [9.17, 15) is 4.79 Å². The van der Waals surface area contributed by atoms with Crippen molar-refractivity contribution < 1.29 is 4.79 Å². The van der Waals surface area contributed by atoms with Crippen LogP contribution in [0.25, 0.3) is 0 Å². The third kappa shape index (κ3) is 4.73. The fraction of sp³-hybridized carbons (Fsp3) is 0.778. The fourth-order valence-electron chi connectivity index (χ4n) is 0.776. The van der Waals surface area contributed by atoms with Crippen LogP contribution in [-0.4, -0.2) is 11.4 Å². The van der Waals surface area contributed by atoms with Crippen molar-refractivity contribution in [2.24, 2.45) is 0 Å². The van der Waals surface area contributed by atoms with Gasteiger partial charge in [-0.3, -0.25) is 4.79 Å². The van der Waals surface area contributed by atoms with Crippen molar-refractivity contribution in [2.45, 2.75) is 45.6 Å². The molecule has 12 heavy (non-hydrogen) atoms. The second-order valence-electron chi connectivity index (χ2n) is 3.39. The van der Waals surface area contributed by atoms with Gasteiger partial charge in [0.15, 0.2) is 0 Å². The van der Waals surface area contributed by atoms with E-state index in [-0.39, 0.29) is 5.91 Å². The normalized spacial score (nSPS) is 10.5. The van der Waals surface area contributed by atoms with Crippen molar-refractivity contribution in [3.8, 4) is 6.07 Å². The molecule has 0 radical (unpaired) electrons. The molecule has 0 aromatic rings. The highest BCUT2D eigenvalue weighted by Crippen LogP contribution is 2.01. The molecule has 0 rings (SSSR count). The van der Waals surface area contributed by atoms with Crippen molar-refractivity contribution in [3.63, 3.8) is 0 Å². The summed E-state index contributed by atoms with van der Waals surface area (Å²) in [5.41, 5.74) is -0.731. The van der Waals surface area contributed by atoms with Gasteiger partial charge in [-0.25, -0.2) is 0 Å². The zero-order valence-corrected chi connectivity index (χ0v) is 7.98. The molecule has 1 amide bonds. The second kappa shape index (κ2) is 4.76. The third-order valence-corrected chi connectivity index (χ3v) is 1.49. The number of hydrogen-bond acceptors (Lipinski definition) is 2. The number of rotatable bonds is 4. The van der Waals surface area contributed by atoms with Crippen LogP contribution in [0.1, 0.15) is 40.0 Å². The van der Waals surface area contributed by atoms with E-state index in [1.54, 1.807) is 13.8 Å². The Kier molecular flexibility index (Phi) is 4.35. The van der Waals surface area contributed by atoms with E-state index in [1.165, 1.54) is 0 Å². The molecule has 0 fully saturated rings. The summed E-state index contributed by atoms with van der Waals surface area (Å²) in [5.74, 6) is -0.0385. The van der Waals surface area contributed by atoms with E-state index < -0.39 is 5.54 Å². The number of hydrogen-bond donors (Lipinski definition) is 1. The molecule has 0 spiro atoms. The minimum Gasteiger partial charge on any atom is -0.338 e. The van der Waals surface area contributed by atoms with Crippen LogP contribution in [0.4, 0.5) is 0 Å². The van der Waals surface area contributed by atoms with Gasteiger partial charge in [0.2, 0.25) is 5.91 Å². The lowest BCUT2D eigenvalue weighted by Crippen LogP contribution is -2.41. The lowest BCUT2D eigenvalue weighted by molar-refractivity contribution is -0.122. The highest BCUT2D eigenvalue weighted by molar-refractivity contribution is 5.77. The molecule has 0 aromatic heterocycles. The summed E-state index contributed by atoms with van der Waals surface area (Å²) in [7, 11) is 0. The maximum absolute atomic E-state index is 11.1. The van der Waals surface area contributed by atoms with E-state index in [1.807, 2.05) is 13.0 Å². The van der Waals surface area contributed by atoms with Gasteiger partial charge < -0.3 is 5.32 Å². The molecule has 0 bridgehead atoms.